The van der Waals surface area contributed by atoms with Gasteiger partial charge >= 0.3 is 6.18 Å². The van der Waals surface area contributed by atoms with E-state index in [9.17, 15) is 13.2 Å². The second kappa shape index (κ2) is 7.66. The molecular weight excluding hydrogens is 393 g/mol. The van der Waals surface area contributed by atoms with E-state index in [0.29, 0.717) is 16.7 Å². The first kappa shape index (κ1) is 19.9. The highest BCUT2D eigenvalue weighted by atomic mass is 32.2. The topological polar surface area (TPSA) is 69.0 Å². The summed E-state index contributed by atoms with van der Waals surface area (Å²) < 4.78 is 46.3. The zero-order valence-electron chi connectivity index (χ0n) is 15.5. The van der Waals surface area contributed by atoms with Gasteiger partial charge in [0.1, 0.15) is 11.6 Å². The van der Waals surface area contributed by atoms with Crippen LogP contribution in [0.4, 0.5) is 19.0 Å². The summed E-state index contributed by atoms with van der Waals surface area (Å²) in [5.41, 5.74) is -0.215. The summed E-state index contributed by atoms with van der Waals surface area (Å²) in [4.78, 5) is 9.28. The fourth-order valence-electron chi connectivity index (χ4n) is 2.31. The number of rotatable bonds is 5. The maximum atomic E-state index is 13.2. The summed E-state index contributed by atoms with van der Waals surface area (Å²) in [5.74, 6) is 1.42. The number of ether oxygens (including phenoxy) is 1. The van der Waals surface area contributed by atoms with Gasteiger partial charge in [-0.15, -0.1) is 10.2 Å². The second-order valence-electron chi connectivity index (χ2n) is 5.98. The van der Waals surface area contributed by atoms with Crippen molar-refractivity contribution in [2.45, 2.75) is 16.5 Å². The Bertz CT molecular complexity index is 972. The van der Waals surface area contributed by atoms with Crippen LogP contribution < -0.4 is 9.64 Å². The third-order valence-corrected chi connectivity index (χ3v) is 4.71. The molecule has 7 nitrogen and oxygen atoms in total. The highest BCUT2D eigenvalue weighted by molar-refractivity contribution is 7.99. The number of halogens is 3. The van der Waals surface area contributed by atoms with Crippen LogP contribution in [0.3, 0.4) is 0 Å². The van der Waals surface area contributed by atoms with E-state index < -0.39 is 11.9 Å². The van der Waals surface area contributed by atoms with Crippen LogP contribution in [0.2, 0.25) is 0 Å². The van der Waals surface area contributed by atoms with Crippen molar-refractivity contribution in [2.24, 2.45) is 7.05 Å². The molecule has 0 aliphatic heterocycles. The minimum absolute atomic E-state index is 0.0599. The van der Waals surface area contributed by atoms with Gasteiger partial charge in [-0.25, -0.2) is 9.97 Å². The van der Waals surface area contributed by atoms with Crippen molar-refractivity contribution in [3.63, 3.8) is 0 Å². The molecule has 0 atom stereocenters. The van der Waals surface area contributed by atoms with Crippen LogP contribution in [0.15, 0.2) is 40.6 Å². The van der Waals surface area contributed by atoms with E-state index in [0.717, 1.165) is 23.4 Å². The lowest BCUT2D eigenvalue weighted by Gasteiger charge is -2.15. The van der Waals surface area contributed by atoms with Crippen LogP contribution in [-0.4, -0.2) is 45.9 Å². The summed E-state index contributed by atoms with van der Waals surface area (Å²) in [7, 11) is 6.52. The van der Waals surface area contributed by atoms with Crippen molar-refractivity contribution in [2.75, 3.05) is 26.1 Å². The van der Waals surface area contributed by atoms with Crippen LogP contribution in [0.25, 0.3) is 11.4 Å². The van der Waals surface area contributed by atoms with E-state index in [1.54, 1.807) is 45.0 Å². The third kappa shape index (κ3) is 4.19. The SMILES string of the molecule is COc1ccc(-c2nnc(Sc3nc(N(C)C)cc(C(F)(F)F)n3)n2C)cc1. The number of hydrogen-bond donors (Lipinski definition) is 0. The third-order valence-electron chi connectivity index (χ3n) is 3.81. The number of alkyl halides is 3. The maximum Gasteiger partial charge on any atom is 0.433 e. The van der Waals surface area contributed by atoms with Crippen LogP contribution in [0, 0.1) is 0 Å². The Labute approximate surface area is 163 Å². The van der Waals surface area contributed by atoms with Gasteiger partial charge in [0.25, 0.3) is 0 Å². The van der Waals surface area contributed by atoms with Crippen molar-refractivity contribution >= 4 is 17.6 Å². The Morgan fingerprint density at radius 2 is 1.75 bits per heavy atom. The lowest BCUT2D eigenvalue weighted by molar-refractivity contribution is -0.141. The van der Waals surface area contributed by atoms with Crippen molar-refractivity contribution in [3.8, 4) is 17.1 Å². The monoisotopic (exact) mass is 410 g/mol. The van der Waals surface area contributed by atoms with Gasteiger partial charge in [0.15, 0.2) is 21.8 Å². The lowest BCUT2D eigenvalue weighted by atomic mass is 10.2. The van der Waals surface area contributed by atoms with Gasteiger partial charge in [-0.05, 0) is 36.0 Å². The van der Waals surface area contributed by atoms with Gasteiger partial charge in [0.05, 0.1) is 7.11 Å². The highest BCUT2D eigenvalue weighted by Crippen LogP contribution is 2.33. The molecule has 0 spiro atoms. The fraction of sp³-hybridized carbons (Fsp3) is 0.294. The molecule has 0 fully saturated rings. The quantitative estimate of drug-likeness (QED) is 0.596. The minimum Gasteiger partial charge on any atom is -0.497 e. The first-order valence-electron chi connectivity index (χ1n) is 8.04. The molecule has 2 heterocycles. The fourth-order valence-corrected chi connectivity index (χ4v) is 3.06. The molecule has 0 saturated heterocycles. The largest absolute Gasteiger partial charge is 0.497 e. The van der Waals surface area contributed by atoms with E-state index in [1.807, 2.05) is 12.1 Å². The second-order valence-corrected chi connectivity index (χ2v) is 6.92. The van der Waals surface area contributed by atoms with Crippen molar-refractivity contribution in [3.05, 3.63) is 36.0 Å². The molecule has 2 aromatic heterocycles. The zero-order valence-corrected chi connectivity index (χ0v) is 16.3. The molecule has 1 aromatic carbocycles. The standard InChI is InChI=1S/C17H17F3N6OS/c1-25(2)13-9-12(17(18,19)20)21-15(22-13)28-16-24-23-14(26(16)3)10-5-7-11(27-4)8-6-10/h5-9H,1-4H3. The lowest BCUT2D eigenvalue weighted by Crippen LogP contribution is -2.16. The maximum absolute atomic E-state index is 13.2. The molecule has 0 bridgehead atoms. The summed E-state index contributed by atoms with van der Waals surface area (Å²) in [6, 6.07) is 8.13. The summed E-state index contributed by atoms with van der Waals surface area (Å²) in [6.45, 7) is 0. The van der Waals surface area contributed by atoms with Gasteiger partial charge in [-0.2, -0.15) is 13.2 Å². The Hall–Kier alpha value is -2.82. The summed E-state index contributed by atoms with van der Waals surface area (Å²) in [6.07, 6.45) is -4.57. The van der Waals surface area contributed by atoms with Crippen molar-refractivity contribution in [1.29, 1.82) is 0 Å². The zero-order chi connectivity index (χ0) is 20.5. The van der Waals surface area contributed by atoms with E-state index in [1.165, 1.54) is 4.90 Å². The number of benzene rings is 1. The molecule has 0 saturated carbocycles. The predicted molar refractivity (Wildman–Crippen MR) is 98.5 cm³/mol. The summed E-state index contributed by atoms with van der Waals surface area (Å²) >= 11 is 0.915. The molecule has 11 heteroatoms. The Kier molecular flexibility index (Phi) is 5.45. The highest BCUT2D eigenvalue weighted by Gasteiger charge is 2.34. The van der Waals surface area contributed by atoms with E-state index in [4.69, 9.17) is 4.74 Å². The number of aromatic nitrogens is 5. The average molecular weight is 410 g/mol. The minimum atomic E-state index is -4.57. The van der Waals surface area contributed by atoms with Gasteiger partial charge in [0.2, 0.25) is 0 Å². The molecule has 0 amide bonds. The molecular formula is C17H17F3N6OS. The first-order valence-corrected chi connectivity index (χ1v) is 8.86. The Balaban J connectivity index is 1.94. The molecule has 0 aliphatic carbocycles. The number of nitrogens with zero attached hydrogens (tertiary/aromatic N) is 6. The smallest absolute Gasteiger partial charge is 0.433 e. The Morgan fingerprint density at radius 1 is 1.07 bits per heavy atom. The molecule has 3 aromatic rings. The predicted octanol–water partition coefficient (Wildman–Crippen LogP) is 3.52. The molecule has 3 rings (SSSR count). The number of anilines is 1. The van der Waals surface area contributed by atoms with E-state index in [2.05, 4.69) is 20.2 Å². The molecule has 0 N–H and O–H groups in total. The number of methoxy groups -OCH3 is 1. The van der Waals surface area contributed by atoms with Gasteiger partial charge in [-0.3, -0.25) is 0 Å². The van der Waals surface area contributed by atoms with Gasteiger partial charge in [-0.1, -0.05) is 0 Å². The van der Waals surface area contributed by atoms with Crippen LogP contribution in [-0.2, 0) is 13.2 Å². The van der Waals surface area contributed by atoms with Crippen LogP contribution in [0.1, 0.15) is 5.69 Å². The van der Waals surface area contributed by atoms with E-state index >= 15 is 0 Å². The molecule has 148 valence electrons. The van der Waals surface area contributed by atoms with Gasteiger partial charge < -0.3 is 14.2 Å². The van der Waals surface area contributed by atoms with Crippen LogP contribution in [0.5, 0.6) is 5.75 Å². The Morgan fingerprint density at radius 3 is 2.32 bits per heavy atom. The molecule has 0 unspecified atom stereocenters. The van der Waals surface area contributed by atoms with Crippen molar-refractivity contribution in [1.82, 2.24) is 24.7 Å². The number of hydrogen-bond acceptors (Lipinski definition) is 7. The molecule has 0 aliphatic rings. The van der Waals surface area contributed by atoms with Gasteiger partial charge in [0, 0.05) is 32.8 Å². The van der Waals surface area contributed by atoms with Crippen molar-refractivity contribution < 1.29 is 17.9 Å². The normalized spacial score (nSPS) is 11.5. The average Bonchev–Trinajstić information content (AvgIpc) is 3.01. The molecule has 28 heavy (non-hydrogen) atoms. The van der Waals surface area contributed by atoms with Crippen LogP contribution >= 0.6 is 11.8 Å². The summed E-state index contributed by atoms with van der Waals surface area (Å²) in [5, 5.41) is 8.51. The molecule has 0 radical (unpaired) electrons. The first-order chi connectivity index (χ1) is 13.2. The van der Waals surface area contributed by atoms with E-state index in [-0.39, 0.29) is 11.0 Å².